The SMILES string of the molecule is CCOC(=O)C1=C(C)N=c2s/c(=C\c3ccc(-c4cccc(C)c4)o3)c(=O)n2C1c1ccccc1. The Bertz CT molecular complexity index is 1620. The second-order valence-electron chi connectivity index (χ2n) is 8.28. The topological polar surface area (TPSA) is 73.8 Å². The Hall–Kier alpha value is -3.97. The highest BCUT2D eigenvalue weighted by atomic mass is 32.1. The number of fused-ring (bicyclic) bond motifs is 1. The van der Waals surface area contributed by atoms with Crippen molar-refractivity contribution in [2.45, 2.75) is 26.8 Å². The standard InChI is InChI=1S/C28H24N2O4S/c1-4-33-27(32)24-18(3)29-28-30(25(24)19-10-6-5-7-11-19)26(31)23(35-28)16-21-13-14-22(34-21)20-12-8-9-17(2)15-20/h5-16,25H,4H2,1-3H3/b23-16-. The summed E-state index contributed by atoms with van der Waals surface area (Å²) in [6.07, 6.45) is 1.73. The maximum Gasteiger partial charge on any atom is 0.338 e. The summed E-state index contributed by atoms with van der Waals surface area (Å²) in [5.41, 5.74) is 3.62. The maximum absolute atomic E-state index is 13.6. The number of ether oxygens (including phenoxy) is 1. The highest BCUT2D eigenvalue weighted by Crippen LogP contribution is 2.30. The molecule has 0 N–H and O–H groups in total. The van der Waals surface area contributed by atoms with E-state index in [4.69, 9.17) is 9.15 Å². The molecule has 1 aliphatic heterocycles. The fourth-order valence-corrected chi connectivity index (χ4v) is 5.28. The van der Waals surface area contributed by atoms with Crippen LogP contribution in [0, 0.1) is 6.92 Å². The van der Waals surface area contributed by atoms with Gasteiger partial charge in [-0.1, -0.05) is 65.4 Å². The van der Waals surface area contributed by atoms with Crippen LogP contribution in [0.25, 0.3) is 17.4 Å². The van der Waals surface area contributed by atoms with Gasteiger partial charge in [0.1, 0.15) is 11.5 Å². The molecule has 1 aliphatic rings. The number of hydrogen-bond acceptors (Lipinski definition) is 6. The predicted molar refractivity (Wildman–Crippen MR) is 136 cm³/mol. The van der Waals surface area contributed by atoms with Gasteiger partial charge < -0.3 is 9.15 Å². The molecule has 35 heavy (non-hydrogen) atoms. The summed E-state index contributed by atoms with van der Waals surface area (Å²) in [5, 5.41) is 0. The Labute approximate surface area is 206 Å². The van der Waals surface area contributed by atoms with Crippen molar-refractivity contribution in [1.82, 2.24) is 4.57 Å². The van der Waals surface area contributed by atoms with Gasteiger partial charge in [-0.3, -0.25) is 9.36 Å². The van der Waals surface area contributed by atoms with Crippen molar-refractivity contribution < 1.29 is 13.9 Å². The molecule has 4 aromatic rings. The molecule has 0 aliphatic carbocycles. The van der Waals surface area contributed by atoms with Crippen molar-refractivity contribution >= 4 is 23.4 Å². The van der Waals surface area contributed by atoms with Crippen LogP contribution in [-0.4, -0.2) is 17.1 Å². The lowest BCUT2D eigenvalue weighted by atomic mass is 9.96. The van der Waals surface area contributed by atoms with Crippen LogP contribution in [0.3, 0.4) is 0 Å². The van der Waals surface area contributed by atoms with Gasteiger partial charge in [0, 0.05) is 11.6 Å². The third-order valence-corrected chi connectivity index (χ3v) is 6.82. The molecule has 3 heterocycles. The van der Waals surface area contributed by atoms with E-state index in [1.807, 2.05) is 67.6 Å². The zero-order valence-corrected chi connectivity index (χ0v) is 20.5. The molecule has 0 amide bonds. The van der Waals surface area contributed by atoms with Gasteiger partial charge in [0.05, 0.1) is 28.5 Å². The fraction of sp³-hybridized carbons (Fsp3) is 0.179. The number of aryl methyl sites for hydroxylation is 1. The van der Waals surface area contributed by atoms with Crippen LogP contribution in [-0.2, 0) is 9.53 Å². The van der Waals surface area contributed by atoms with E-state index in [9.17, 15) is 9.59 Å². The number of carbonyl (C=O) groups excluding carboxylic acids is 1. The summed E-state index contributed by atoms with van der Waals surface area (Å²) in [4.78, 5) is 31.7. The molecule has 2 aromatic heterocycles. The zero-order valence-electron chi connectivity index (χ0n) is 19.6. The summed E-state index contributed by atoms with van der Waals surface area (Å²) >= 11 is 1.28. The van der Waals surface area contributed by atoms with Crippen LogP contribution in [0.2, 0.25) is 0 Å². The highest BCUT2D eigenvalue weighted by molar-refractivity contribution is 7.07. The number of hydrogen-bond donors (Lipinski definition) is 0. The van der Waals surface area contributed by atoms with E-state index in [0.717, 1.165) is 22.5 Å². The molecule has 2 aromatic carbocycles. The van der Waals surface area contributed by atoms with Crippen molar-refractivity contribution in [3.63, 3.8) is 0 Å². The Kier molecular flexibility index (Phi) is 6.09. The minimum absolute atomic E-state index is 0.231. The summed E-state index contributed by atoms with van der Waals surface area (Å²) in [5.74, 6) is 0.838. The van der Waals surface area contributed by atoms with Gasteiger partial charge in [0.15, 0.2) is 4.80 Å². The number of allylic oxidation sites excluding steroid dienone is 1. The van der Waals surface area contributed by atoms with E-state index in [0.29, 0.717) is 26.4 Å². The molecule has 0 saturated heterocycles. The molecule has 176 valence electrons. The van der Waals surface area contributed by atoms with Gasteiger partial charge in [0.2, 0.25) is 0 Å². The Morgan fingerprint density at radius 1 is 1.11 bits per heavy atom. The smallest absolute Gasteiger partial charge is 0.338 e. The lowest BCUT2D eigenvalue weighted by Crippen LogP contribution is -2.39. The Balaban J connectivity index is 1.63. The van der Waals surface area contributed by atoms with E-state index in [1.54, 1.807) is 24.5 Å². The van der Waals surface area contributed by atoms with Gasteiger partial charge in [-0.2, -0.15) is 0 Å². The molecule has 0 bridgehead atoms. The van der Waals surface area contributed by atoms with E-state index in [2.05, 4.69) is 11.1 Å². The van der Waals surface area contributed by atoms with Gasteiger partial charge in [-0.25, -0.2) is 9.79 Å². The summed E-state index contributed by atoms with van der Waals surface area (Å²) in [6.45, 7) is 5.81. The van der Waals surface area contributed by atoms with Crippen molar-refractivity contribution in [1.29, 1.82) is 0 Å². The maximum atomic E-state index is 13.6. The molecule has 1 atom stereocenters. The third kappa shape index (κ3) is 4.31. The zero-order chi connectivity index (χ0) is 24.5. The van der Waals surface area contributed by atoms with Crippen LogP contribution < -0.4 is 14.9 Å². The molecule has 0 saturated carbocycles. The van der Waals surface area contributed by atoms with Gasteiger partial charge in [0.25, 0.3) is 5.56 Å². The monoisotopic (exact) mass is 484 g/mol. The molecule has 5 rings (SSSR count). The third-order valence-electron chi connectivity index (χ3n) is 5.84. The molecule has 6 nitrogen and oxygen atoms in total. The van der Waals surface area contributed by atoms with Crippen LogP contribution in [0.5, 0.6) is 0 Å². The second-order valence-corrected chi connectivity index (χ2v) is 9.29. The summed E-state index contributed by atoms with van der Waals surface area (Å²) in [7, 11) is 0. The molecule has 0 fully saturated rings. The van der Waals surface area contributed by atoms with Crippen LogP contribution in [0.15, 0.2) is 92.2 Å². The number of nitrogens with zero attached hydrogens (tertiary/aromatic N) is 2. The molecule has 1 unspecified atom stereocenters. The number of furan rings is 1. The molecular formula is C28H24N2O4S. The average molecular weight is 485 g/mol. The lowest BCUT2D eigenvalue weighted by Gasteiger charge is -2.24. The number of carbonyl (C=O) groups is 1. The van der Waals surface area contributed by atoms with E-state index in [-0.39, 0.29) is 12.2 Å². The Morgan fingerprint density at radius 2 is 1.91 bits per heavy atom. The normalized spacial score (nSPS) is 15.6. The van der Waals surface area contributed by atoms with E-state index in [1.165, 1.54) is 11.3 Å². The van der Waals surface area contributed by atoms with E-state index >= 15 is 0 Å². The fourth-order valence-electron chi connectivity index (χ4n) is 4.26. The minimum Gasteiger partial charge on any atom is -0.463 e. The summed E-state index contributed by atoms with van der Waals surface area (Å²) < 4.78 is 13.4. The van der Waals surface area contributed by atoms with Gasteiger partial charge in [-0.15, -0.1) is 0 Å². The first kappa shape index (κ1) is 22.8. The lowest BCUT2D eigenvalue weighted by molar-refractivity contribution is -0.139. The Morgan fingerprint density at radius 3 is 2.66 bits per heavy atom. The first-order valence-corrected chi connectivity index (χ1v) is 12.2. The molecule has 7 heteroatoms. The number of benzene rings is 2. The number of rotatable bonds is 5. The largest absolute Gasteiger partial charge is 0.463 e. The van der Waals surface area contributed by atoms with E-state index < -0.39 is 12.0 Å². The van der Waals surface area contributed by atoms with Gasteiger partial charge in [-0.05, 0) is 44.5 Å². The van der Waals surface area contributed by atoms with Crippen molar-refractivity contribution in [3.05, 3.63) is 115 Å². The quantitative estimate of drug-likeness (QED) is 0.395. The second kappa shape index (κ2) is 9.35. The molecule has 0 radical (unpaired) electrons. The van der Waals surface area contributed by atoms with Crippen molar-refractivity contribution in [2.24, 2.45) is 4.99 Å². The highest BCUT2D eigenvalue weighted by Gasteiger charge is 2.33. The van der Waals surface area contributed by atoms with Crippen molar-refractivity contribution in [3.8, 4) is 11.3 Å². The summed E-state index contributed by atoms with van der Waals surface area (Å²) in [6, 6.07) is 20.7. The molecule has 0 spiro atoms. The number of thiazole rings is 1. The number of aromatic nitrogens is 1. The average Bonchev–Trinajstić information content (AvgIpc) is 3.43. The predicted octanol–water partition coefficient (Wildman–Crippen LogP) is 4.37. The van der Waals surface area contributed by atoms with Gasteiger partial charge >= 0.3 is 5.97 Å². The van der Waals surface area contributed by atoms with Crippen LogP contribution >= 0.6 is 11.3 Å². The first-order valence-electron chi connectivity index (χ1n) is 11.4. The van der Waals surface area contributed by atoms with Crippen molar-refractivity contribution in [2.75, 3.05) is 6.61 Å². The van der Waals surface area contributed by atoms with Crippen LogP contribution in [0.1, 0.15) is 36.8 Å². The van der Waals surface area contributed by atoms with Crippen LogP contribution in [0.4, 0.5) is 0 Å². The number of esters is 1. The molecular weight excluding hydrogens is 460 g/mol. The minimum atomic E-state index is -0.617. The first-order chi connectivity index (χ1) is 17.0.